The highest BCUT2D eigenvalue weighted by Crippen LogP contribution is 2.44. The van der Waals surface area contributed by atoms with Crippen LogP contribution in [0.5, 0.6) is 0 Å². The number of ether oxygens (including phenoxy) is 2. The quantitative estimate of drug-likeness (QED) is 0.589. The van der Waals surface area contributed by atoms with E-state index in [9.17, 15) is 5.11 Å². The molecule has 1 aliphatic heterocycles. The number of fused-ring (bicyclic) bond motifs is 1. The Kier molecular flexibility index (Phi) is 6.33. The molecule has 0 spiro atoms. The Morgan fingerprint density at radius 3 is 2.67 bits per heavy atom. The van der Waals surface area contributed by atoms with Crippen molar-refractivity contribution >= 4 is 0 Å². The Hall–Kier alpha value is -0.640. The minimum absolute atomic E-state index is 0.0714. The van der Waals surface area contributed by atoms with Crippen molar-refractivity contribution < 1.29 is 14.6 Å². The summed E-state index contributed by atoms with van der Waals surface area (Å²) in [5.41, 5.74) is 0.829. The van der Waals surface area contributed by atoms with Crippen molar-refractivity contribution in [3.05, 3.63) is 23.8 Å². The summed E-state index contributed by atoms with van der Waals surface area (Å²) in [5.74, 6) is 1.13. The summed E-state index contributed by atoms with van der Waals surface area (Å²) in [5, 5.41) is 10.6. The smallest absolute Gasteiger partial charge is 0.113 e. The molecule has 2 rings (SSSR count). The van der Waals surface area contributed by atoms with Crippen LogP contribution in [-0.2, 0) is 9.47 Å². The van der Waals surface area contributed by atoms with Gasteiger partial charge in [0.25, 0.3) is 0 Å². The van der Waals surface area contributed by atoms with Crippen LogP contribution >= 0.6 is 0 Å². The highest BCUT2D eigenvalue weighted by molar-refractivity contribution is 5.11. The first-order valence-electron chi connectivity index (χ1n) is 9.45. The molecule has 0 amide bonds. The predicted molar refractivity (Wildman–Crippen MR) is 99.0 cm³/mol. The molecule has 0 bridgehead atoms. The summed E-state index contributed by atoms with van der Waals surface area (Å²) >= 11 is 0. The molecule has 0 aromatic heterocycles. The Morgan fingerprint density at radius 2 is 2.04 bits per heavy atom. The molecule has 5 atom stereocenters. The number of epoxide rings is 1. The lowest BCUT2D eigenvalue weighted by atomic mass is 9.85. The van der Waals surface area contributed by atoms with E-state index in [4.69, 9.17) is 9.47 Å². The molecule has 138 valence electrons. The molecule has 0 aromatic carbocycles. The van der Waals surface area contributed by atoms with Gasteiger partial charge in [0.2, 0.25) is 0 Å². The van der Waals surface area contributed by atoms with Gasteiger partial charge in [-0.1, -0.05) is 37.6 Å². The average Bonchev–Trinajstić information content (AvgIpc) is 3.18. The highest BCUT2D eigenvalue weighted by atomic mass is 16.6. The van der Waals surface area contributed by atoms with E-state index in [0.717, 1.165) is 25.7 Å². The Morgan fingerprint density at radius 1 is 1.33 bits per heavy atom. The lowest BCUT2D eigenvalue weighted by molar-refractivity contribution is -0.00579. The van der Waals surface area contributed by atoms with Crippen LogP contribution < -0.4 is 0 Å². The summed E-state index contributed by atoms with van der Waals surface area (Å²) in [4.78, 5) is 0. The largest absolute Gasteiger partial charge is 0.390 e. The SMILES string of the molecule is CO[C@@]1(C)/C=C/C(C(C)C)CC/C(C)=C/CC[C@]2(C)O[C@@H]2[C@H](O)C1. The molecular weight excluding hydrogens is 300 g/mol. The van der Waals surface area contributed by atoms with Crippen molar-refractivity contribution in [2.45, 2.75) is 90.1 Å². The maximum absolute atomic E-state index is 10.6. The van der Waals surface area contributed by atoms with E-state index < -0.39 is 11.7 Å². The van der Waals surface area contributed by atoms with Crippen molar-refractivity contribution in [2.24, 2.45) is 11.8 Å². The van der Waals surface area contributed by atoms with Gasteiger partial charge in [-0.2, -0.15) is 0 Å². The fourth-order valence-corrected chi connectivity index (χ4v) is 3.76. The van der Waals surface area contributed by atoms with Crippen LogP contribution in [0.2, 0.25) is 0 Å². The van der Waals surface area contributed by atoms with Gasteiger partial charge in [0.15, 0.2) is 0 Å². The topological polar surface area (TPSA) is 42.0 Å². The first-order chi connectivity index (χ1) is 11.2. The monoisotopic (exact) mass is 336 g/mol. The van der Waals surface area contributed by atoms with Crippen LogP contribution in [-0.4, -0.2) is 35.6 Å². The second kappa shape index (κ2) is 7.72. The van der Waals surface area contributed by atoms with E-state index in [2.05, 4.69) is 52.8 Å². The van der Waals surface area contributed by atoms with Gasteiger partial charge in [-0.05, 0) is 58.3 Å². The second-order valence-electron chi connectivity index (χ2n) is 8.53. The average molecular weight is 337 g/mol. The molecule has 3 heteroatoms. The van der Waals surface area contributed by atoms with Crippen molar-refractivity contribution in [1.82, 2.24) is 0 Å². The van der Waals surface area contributed by atoms with Crippen LogP contribution in [0, 0.1) is 11.8 Å². The lowest BCUT2D eigenvalue weighted by Gasteiger charge is -2.28. The van der Waals surface area contributed by atoms with E-state index in [1.165, 1.54) is 5.57 Å². The van der Waals surface area contributed by atoms with Crippen molar-refractivity contribution in [3.8, 4) is 0 Å². The normalized spacial score (nSPS) is 45.0. The second-order valence-corrected chi connectivity index (χ2v) is 8.53. The zero-order chi connectivity index (χ0) is 18.0. The number of hydrogen-bond acceptors (Lipinski definition) is 3. The molecular formula is C21H36O3. The van der Waals surface area contributed by atoms with E-state index in [-0.39, 0.29) is 11.7 Å². The van der Waals surface area contributed by atoms with Crippen molar-refractivity contribution in [2.75, 3.05) is 7.11 Å². The van der Waals surface area contributed by atoms with Gasteiger partial charge in [-0.25, -0.2) is 0 Å². The van der Waals surface area contributed by atoms with Crippen LogP contribution in [0.3, 0.4) is 0 Å². The molecule has 1 aliphatic carbocycles. The Labute approximate surface area is 148 Å². The number of hydrogen-bond donors (Lipinski definition) is 1. The molecule has 1 unspecified atom stereocenters. The summed E-state index contributed by atoms with van der Waals surface area (Å²) in [7, 11) is 1.73. The van der Waals surface area contributed by atoms with Crippen LogP contribution in [0.1, 0.15) is 66.7 Å². The number of rotatable bonds is 2. The first kappa shape index (κ1) is 19.7. The van der Waals surface area contributed by atoms with Gasteiger partial charge in [-0.15, -0.1) is 0 Å². The van der Waals surface area contributed by atoms with Gasteiger partial charge >= 0.3 is 0 Å². The zero-order valence-corrected chi connectivity index (χ0v) is 16.3. The molecule has 3 nitrogen and oxygen atoms in total. The third-order valence-electron chi connectivity index (χ3n) is 5.93. The number of allylic oxidation sites excluding steroid dienone is 3. The van der Waals surface area contributed by atoms with Crippen molar-refractivity contribution in [3.63, 3.8) is 0 Å². The third kappa shape index (κ3) is 4.93. The van der Waals surface area contributed by atoms with Crippen LogP contribution in [0.4, 0.5) is 0 Å². The fraction of sp³-hybridized carbons (Fsp3) is 0.810. The number of aliphatic hydroxyl groups is 1. The Bertz CT molecular complexity index is 481. The molecule has 2 aliphatic rings. The van der Waals surface area contributed by atoms with Gasteiger partial charge in [0.05, 0.1) is 17.3 Å². The van der Waals surface area contributed by atoms with E-state index in [1.54, 1.807) is 7.11 Å². The zero-order valence-electron chi connectivity index (χ0n) is 16.3. The predicted octanol–water partition coefficient (Wildman–Crippen LogP) is 4.65. The molecule has 1 saturated heterocycles. The summed E-state index contributed by atoms with van der Waals surface area (Å²) in [6.45, 7) is 11.0. The molecule has 0 radical (unpaired) electrons. The molecule has 0 aromatic rings. The molecule has 1 heterocycles. The number of aliphatic hydroxyl groups excluding tert-OH is 1. The maximum atomic E-state index is 10.6. The lowest BCUT2D eigenvalue weighted by Crippen LogP contribution is -2.34. The van der Waals surface area contributed by atoms with E-state index in [0.29, 0.717) is 18.3 Å². The van der Waals surface area contributed by atoms with Gasteiger partial charge < -0.3 is 14.6 Å². The van der Waals surface area contributed by atoms with Gasteiger partial charge in [0.1, 0.15) is 6.10 Å². The van der Waals surface area contributed by atoms with Gasteiger partial charge in [-0.3, -0.25) is 0 Å². The minimum Gasteiger partial charge on any atom is -0.390 e. The van der Waals surface area contributed by atoms with Gasteiger partial charge in [0, 0.05) is 13.5 Å². The highest BCUT2D eigenvalue weighted by Gasteiger charge is 2.56. The summed E-state index contributed by atoms with van der Waals surface area (Å²) < 4.78 is 11.6. The summed E-state index contributed by atoms with van der Waals surface area (Å²) in [6, 6.07) is 0. The van der Waals surface area contributed by atoms with E-state index >= 15 is 0 Å². The number of methoxy groups -OCH3 is 1. The maximum Gasteiger partial charge on any atom is 0.113 e. The van der Waals surface area contributed by atoms with Crippen LogP contribution in [0.15, 0.2) is 23.8 Å². The molecule has 0 saturated carbocycles. The van der Waals surface area contributed by atoms with E-state index in [1.807, 2.05) is 0 Å². The fourth-order valence-electron chi connectivity index (χ4n) is 3.76. The van der Waals surface area contributed by atoms with Crippen molar-refractivity contribution in [1.29, 1.82) is 0 Å². The molecule has 24 heavy (non-hydrogen) atoms. The Balaban J connectivity index is 2.21. The summed E-state index contributed by atoms with van der Waals surface area (Å²) in [6.07, 6.45) is 11.1. The minimum atomic E-state index is -0.491. The third-order valence-corrected chi connectivity index (χ3v) is 5.93. The standard InChI is InChI=1S/C21H36O3/c1-15(2)17-10-9-16(3)8-7-12-21(5)19(24-21)18(22)14-20(4,23-6)13-11-17/h8,11,13,15,17-19,22H,7,9-10,12,14H2,1-6H3/b13-11+,16-8+/t17?,18-,19-,20+,21+/m1/s1. The molecule has 1 N–H and O–H groups in total. The van der Waals surface area contributed by atoms with Crippen LogP contribution in [0.25, 0.3) is 0 Å². The first-order valence-corrected chi connectivity index (χ1v) is 9.45. The molecule has 1 fully saturated rings.